The van der Waals surface area contributed by atoms with Gasteiger partial charge >= 0.3 is 0 Å². The van der Waals surface area contributed by atoms with Crippen molar-refractivity contribution in [3.05, 3.63) is 22.7 Å². The summed E-state index contributed by atoms with van der Waals surface area (Å²) >= 11 is 5.77. The van der Waals surface area contributed by atoms with Gasteiger partial charge in [-0.3, -0.25) is 0 Å². The molecular weight excluding hydrogens is 288 g/mol. The standard InChI is InChI=1S/C8H11ClN2O4S2/c1-5-7(9)2-6(10)3-8(5)16(12,13)4-17(11,14)15/h2-3H,4,10H2,1H3,(H2,11,14,15). The maximum Gasteiger partial charge on any atom is 0.223 e. The number of hydrogen-bond acceptors (Lipinski definition) is 5. The lowest BCUT2D eigenvalue weighted by molar-refractivity contribution is 0.589. The monoisotopic (exact) mass is 298 g/mol. The van der Waals surface area contributed by atoms with Crippen molar-refractivity contribution in [1.29, 1.82) is 0 Å². The van der Waals surface area contributed by atoms with E-state index in [0.717, 1.165) is 6.07 Å². The second-order valence-corrected chi connectivity index (χ2v) is 7.87. The zero-order valence-electron chi connectivity index (χ0n) is 8.84. The van der Waals surface area contributed by atoms with Crippen molar-refractivity contribution in [3.63, 3.8) is 0 Å². The SMILES string of the molecule is Cc1c(Cl)cc(N)cc1S(=O)(=O)CS(N)(=O)=O. The van der Waals surface area contributed by atoms with Gasteiger partial charge in [-0.05, 0) is 24.6 Å². The molecule has 17 heavy (non-hydrogen) atoms. The Labute approximate surface area is 105 Å². The lowest BCUT2D eigenvalue weighted by Crippen LogP contribution is -2.24. The van der Waals surface area contributed by atoms with E-state index in [0.29, 0.717) is 0 Å². The second kappa shape index (κ2) is 4.45. The molecule has 0 saturated carbocycles. The number of sulfonamides is 1. The van der Waals surface area contributed by atoms with Gasteiger partial charge in [-0.25, -0.2) is 22.0 Å². The molecule has 0 aliphatic rings. The highest BCUT2D eigenvalue weighted by Gasteiger charge is 2.24. The van der Waals surface area contributed by atoms with Crippen LogP contribution in [0.4, 0.5) is 5.69 Å². The number of anilines is 1. The highest BCUT2D eigenvalue weighted by Crippen LogP contribution is 2.27. The number of primary sulfonamides is 1. The summed E-state index contributed by atoms with van der Waals surface area (Å²) in [4.78, 5) is -0.225. The van der Waals surface area contributed by atoms with Gasteiger partial charge in [0.15, 0.2) is 14.9 Å². The smallest absolute Gasteiger partial charge is 0.223 e. The number of nitrogens with two attached hydrogens (primary N) is 2. The molecule has 0 atom stereocenters. The Kier molecular flexibility index (Phi) is 3.72. The van der Waals surface area contributed by atoms with Gasteiger partial charge in [-0.2, -0.15) is 0 Å². The summed E-state index contributed by atoms with van der Waals surface area (Å²) in [6.07, 6.45) is 0. The number of benzene rings is 1. The predicted molar refractivity (Wildman–Crippen MR) is 65.8 cm³/mol. The molecule has 0 saturated heterocycles. The normalized spacial score (nSPS) is 12.6. The van der Waals surface area contributed by atoms with E-state index < -0.39 is 24.9 Å². The van der Waals surface area contributed by atoms with Crippen LogP contribution in [0.1, 0.15) is 5.56 Å². The number of rotatable bonds is 3. The minimum absolute atomic E-state index is 0.133. The Bertz CT molecular complexity index is 652. The van der Waals surface area contributed by atoms with Crippen LogP contribution in [0.2, 0.25) is 5.02 Å². The van der Waals surface area contributed by atoms with Gasteiger partial charge in [0.2, 0.25) is 10.0 Å². The molecule has 1 rings (SSSR count). The second-order valence-electron chi connectivity index (χ2n) is 3.52. The van der Waals surface area contributed by atoms with Crippen molar-refractivity contribution >= 4 is 37.1 Å². The van der Waals surface area contributed by atoms with Crippen molar-refractivity contribution in [2.45, 2.75) is 11.8 Å². The van der Waals surface area contributed by atoms with Crippen molar-refractivity contribution in [1.82, 2.24) is 0 Å². The third-order valence-corrected chi connectivity index (χ3v) is 6.02. The molecule has 0 aliphatic heterocycles. The van der Waals surface area contributed by atoms with Crippen molar-refractivity contribution in [3.8, 4) is 0 Å². The van der Waals surface area contributed by atoms with Gasteiger partial charge in [-0.1, -0.05) is 11.6 Å². The Morgan fingerprint density at radius 2 is 1.76 bits per heavy atom. The fourth-order valence-electron chi connectivity index (χ4n) is 1.28. The number of sulfone groups is 1. The molecule has 96 valence electrons. The molecule has 6 nitrogen and oxygen atoms in total. The van der Waals surface area contributed by atoms with E-state index in [1.165, 1.54) is 13.0 Å². The highest BCUT2D eigenvalue weighted by atomic mass is 35.5. The van der Waals surface area contributed by atoms with Gasteiger partial charge in [0, 0.05) is 10.7 Å². The summed E-state index contributed by atoms with van der Waals surface area (Å²) in [7, 11) is -8.22. The number of nitrogen functional groups attached to an aromatic ring is 1. The fraction of sp³-hybridized carbons (Fsp3) is 0.250. The summed E-state index contributed by atoms with van der Waals surface area (Å²) in [5, 5.41) is 3.68. The van der Waals surface area contributed by atoms with Crippen molar-refractivity contribution in [2.24, 2.45) is 5.14 Å². The van der Waals surface area contributed by atoms with E-state index >= 15 is 0 Å². The Morgan fingerprint density at radius 3 is 2.24 bits per heavy atom. The molecule has 0 spiro atoms. The first kappa shape index (κ1) is 14.2. The number of halogens is 1. The van der Waals surface area contributed by atoms with Crippen LogP contribution in [-0.2, 0) is 19.9 Å². The zero-order chi connectivity index (χ0) is 13.4. The van der Waals surface area contributed by atoms with E-state index in [4.69, 9.17) is 22.5 Å². The first-order valence-corrected chi connectivity index (χ1v) is 8.06. The van der Waals surface area contributed by atoms with E-state index in [1.807, 2.05) is 0 Å². The summed E-state index contributed by atoms with van der Waals surface area (Å²) in [6.45, 7) is 1.46. The molecule has 1 aromatic carbocycles. The van der Waals surface area contributed by atoms with Gasteiger partial charge < -0.3 is 5.73 Å². The lowest BCUT2D eigenvalue weighted by Gasteiger charge is -2.09. The van der Waals surface area contributed by atoms with E-state index in [9.17, 15) is 16.8 Å². The maximum atomic E-state index is 11.8. The molecule has 0 amide bonds. The largest absolute Gasteiger partial charge is 0.399 e. The van der Waals surface area contributed by atoms with Crippen LogP contribution in [0.5, 0.6) is 0 Å². The third kappa shape index (κ3) is 3.56. The minimum atomic E-state index is -4.14. The summed E-state index contributed by atoms with van der Waals surface area (Å²) in [5.41, 5.74) is 5.83. The molecular formula is C8H11ClN2O4S2. The Balaban J connectivity index is 3.44. The first-order chi connectivity index (χ1) is 7.53. The molecule has 0 unspecified atom stereocenters. The van der Waals surface area contributed by atoms with Crippen molar-refractivity contribution in [2.75, 3.05) is 10.8 Å². The lowest BCUT2D eigenvalue weighted by atomic mass is 10.2. The minimum Gasteiger partial charge on any atom is -0.399 e. The molecule has 0 radical (unpaired) electrons. The van der Waals surface area contributed by atoms with Crippen LogP contribution in [0.25, 0.3) is 0 Å². The van der Waals surface area contributed by atoms with Crippen molar-refractivity contribution < 1.29 is 16.8 Å². The van der Waals surface area contributed by atoms with Crippen LogP contribution in [-0.4, -0.2) is 21.9 Å². The molecule has 0 aliphatic carbocycles. The zero-order valence-corrected chi connectivity index (χ0v) is 11.2. The van der Waals surface area contributed by atoms with Crippen LogP contribution in [0.3, 0.4) is 0 Å². The molecule has 0 aromatic heterocycles. The van der Waals surface area contributed by atoms with Crippen LogP contribution < -0.4 is 10.9 Å². The van der Waals surface area contributed by atoms with Crippen LogP contribution in [0.15, 0.2) is 17.0 Å². The summed E-state index contributed by atoms with van der Waals surface area (Å²) < 4.78 is 45.3. The number of hydrogen-bond donors (Lipinski definition) is 2. The third-order valence-electron chi connectivity index (χ3n) is 1.97. The average Bonchev–Trinajstić information content (AvgIpc) is 2.06. The summed E-state index contributed by atoms with van der Waals surface area (Å²) in [5.74, 6) is 0. The van der Waals surface area contributed by atoms with Gasteiger partial charge in [-0.15, -0.1) is 0 Å². The quantitative estimate of drug-likeness (QED) is 0.775. The average molecular weight is 299 g/mol. The molecule has 4 N–H and O–H groups in total. The van der Waals surface area contributed by atoms with Gasteiger partial charge in [0.05, 0.1) is 4.90 Å². The Hall–Kier alpha value is -0.830. The van der Waals surface area contributed by atoms with Gasteiger partial charge in [0.25, 0.3) is 0 Å². The molecule has 0 fully saturated rings. The predicted octanol–water partition coefficient (Wildman–Crippen LogP) is 0.250. The molecule has 9 heteroatoms. The molecule has 1 aromatic rings. The van der Waals surface area contributed by atoms with Crippen LogP contribution >= 0.6 is 11.6 Å². The maximum absolute atomic E-state index is 11.8. The fourth-order valence-corrected chi connectivity index (χ4v) is 4.69. The summed E-state index contributed by atoms with van der Waals surface area (Å²) in [6, 6.07) is 2.54. The Morgan fingerprint density at radius 1 is 1.24 bits per heavy atom. The highest BCUT2D eigenvalue weighted by molar-refractivity contribution is 8.07. The van der Waals surface area contributed by atoms with Crippen LogP contribution in [0, 0.1) is 6.92 Å². The first-order valence-electron chi connectivity index (χ1n) is 4.32. The van der Waals surface area contributed by atoms with Gasteiger partial charge in [0.1, 0.15) is 0 Å². The molecule has 0 bridgehead atoms. The van der Waals surface area contributed by atoms with E-state index in [2.05, 4.69) is 0 Å². The topological polar surface area (TPSA) is 120 Å². The van der Waals surface area contributed by atoms with E-state index in [1.54, 1.807) is 0 Å². The molecule has 0 heterocycles. The van der Waals surface area contributed by atoms with E-state index in [-0.39, 0.29) is 21.2 Å².